The van der Waals surface area contributed by atoms with Gasteiger partial charge >= 0.3 is 5.97 Å². The Morgan fingerprint density at radius 3 is 2.90 bits per heavy atom. The average Bonchev–Trinajstić information content (AvgIpc) is 2.81. The zero-order chi connectivity index (χ0) is 14.2. The van der Waals surface area contributed by atoms with Crippen LogP contribution in [-0.4, -0.2) is 34.0 Å². The normalized spacial score (nSPS) is 23.2. The van der Waals surface area contributed by atoms with Gasteiger partial charge in [0.1, 0.15) is 0 Å². The van der Waals surface area contributed by atoms with E-state index in [2.05, 4.69) is 16.0 Å². The number of para-hydroxylation sites is 1. The van der Waals surface area contributed by atoms with Gasteiger partial charge in [-0.2, -0.15) is 0 Å². The molecule has 1 unspecified atom stereocenters. The van der Waals surface area contributed by atoms with Gasteiger partial charge in [0, 0.05) is 18.5 Å². The summed E-state index contributed by atoms with van der Waals surface area (Å²) in [4.78, 5) is 18.1. The van der Waals surface area contributed by atoms with Crippen molar-refractivity contribution in [2.75, 3.05) is 13.1 Å². The van der Waals surface area contributed by atoms with Gasteiger partial charge in [-0.05, 0) is 32.0 Å². The lowest BCUT2D eigenvalue weighted by Gasteiger charge is -2.19. The number of likely N-dealkylation sites (tertiary alicyclic amines) is 1. The summed E-state index contributed by atoms with van der Waals surface area (Å²) in [7, 11) is 0. The minimum Gasteiger partial charge on any atom is -0.481 e. The number of nitrogens with zero attached hydrogens (tertiary/aromatic N) is 2. The zero-order valence-corrected chi connectivity index (χ0v) is 11.5. The molecule has 0 spiro atoms. The SMILES string of the molecule is CC1(C(=O)O)CCN(Cc2ccc3ccccc3n2)C1. The fourth-order valence-corrected chi connectivity index (χ4v) is 2.79. The molecule has 1 saturated heterocycles. The predicted octanol–water partition coefficient (Wildman–Crippen LogP) is 2.53. The average molecular weight is 270 g/mol. The predicted molar refractivity (Wildman–Crippen MR) is 77.4 cm³/mol. The molecule has 1 aliphatic rings. The van der Waals surface area contributed by atoms with E-state index < -0.39 is 11.4 Å². The molecule has 3 rings (SSSR count). The molecule has 1 fully saturated rings. The van der Waals surface area contributed by atoms with Gasteiger partial charge in [-0.25, -0.2) is 0 Å². The number of carboxylic acids is 1. The third kappa shape index (κ3) is 2.39. The molecule has 4 heteroatoms. The molecule has 2 heterocycles. The molecule has 0 saturated carbocycles. The van der Waals surface area contributed by atoms with Crippen LogP contribution in [0.25, 0.3) is 10.9 Å². The maximum Gasteiger partial charge on any atom is 0.310 e. The van der Waals surface area contributed by atoms with E-state index in [0.29, 0.717) is 19.5 Å². The molecule has 0 radical (unpaired) electrons. The number of aromatic nitrogens is 1. The van der Waals surface area contributed by atoms with E-state index in [0.717, 1.165) is 23.1 Å². The minimum atomic E-state index is -0.702. The van der Waals surface area contributed by atoms with Crippen LogP contribution in [0.4, 0.5) is 0 Å². The first kappa shape index (κ1) is 13.1. The lowest BCUT2D eigenvalue weighted by atomic mass is 9.90. The van der Waals surface area contributed by atoms with E-state index in [1.165, 1.54) is 0 Å². The molecule has 0 bridgehead atoms. The standard InChI is InChI=1S/C16H18N2O2/c1-16(15(19)20)8-9-18(11-16)10-13-7-6-12-4-2-3-5-14(12)17-13/h2-7H,8-11H2,1H3,(H,19,20). The van der Waals surface area contributed by atoms with Crippen molar-refractivity contribution in [1.82, 2.24) is 9.88 Å². The second-order valence-corrected chi connectivity index (χ2v) is 5.82. The van der Waals surface area contributed by atoms with Crippen molar-refractivity contribution in [1.29, 1.82) is 0 Å². The first-order chi connectivity index (χ1) is 9.57. The Labute approximate surface area is 118 Å². The molecule has 1 aromatic carbocycles. The van der Waals surface area contributed by atoms with Crippen LogP contribution >= 0.6 is 0 Å². The third-order valence-corrected chi connectivity index (χ3v) is 4.11. The number of carboxylic acid groups (broad SMARTS) is 1. The monoisotopic (exact) mass is 270 g/mol. The second kappa shape index (κ2) is 4.87. The summed E-state index contributed by atoms with van der Waals surface area (Å²) in [6.45, 7) is 3.95. The minimum absolute atomic E-state index is 0.594. The maximum atomic E-state index is 11.3. The molecule has 20 heavy (non-hydrogen) atoms. The van der Waals surface area contributed by atoms with Crippen molar-refractivity contribution in [2.45, 2.75) is 19.9 Å². The lowest BCUT2D eigenvalue weighted by molar-refractivity contribution is -0.147. The van der Waals surface area contributed by atoms with Gasteiger partial charge in [0.05, 0.1) is 16.6 Å². The number of benzene rings is 1. The highest BCUT2D eigenvalue weighted by molar-refractivity contribution is 5.78. The number of hydrogen-bond acceptors (Lipinski definition) is 3. The van der Waals surface area contributed by atoms with E-state index in [1.54, 1.807) is 0 Å². The van der Waals surface area contributed by atoms with Gasteiger partial charge in [-0.3, -0.25) is 14.7 Å². The molecule has 1 N–H and O–H groups in total. The number of aliphatic carboxylic acids is 1. The van der Waals surface area contributed by atoms with E-state index >= 15 is 0 Å². The van der Waals surface area contributed by atoms with Crippen molar-refractivity contribution >= 4 is 16.9 Å². The fourth-order valence-electron chi connectivity index (χ4n) is 2.79. The van der Waals surface area contributed by atoms with Crippen molar-refractivity contribution < 1.29 is 9.90 Å². The Morgan fingerprint density at radius 2 is 2.15 bits per heavy atom. The molecule has 0 amide bonds. The van der Waals surface area contributed by atoms with Gasteiger partial charge in [-0.15, -0.1) is 0 Å². The highest BCUT2D eigenvalue weighted by Crippen LogP contribution is 2.30. The summed E-state index contributed by atoms with van der Waals surface area (Å²) in [5.41, 5.74) is 1.38. The summed E-state index contributed by atoms with van der Waals surface area (Å²) in [6.07, 6.45) is 0.704. The molecular weight excluding hydrogens is 252 g/mol. The summed E-state index contributed by atoms with van der Waals surface area (Å²) < 4.78 is 0. The first-order valence-electron chi connectivity index (χ1n) is 6.87. The van der Waals surface area contributed by atoms with Crippen LogP contribution in [0, 0.1) is 5.41 Å². The molecule has 1 aromatic heterocycles. The highest BCUT2D eigenvalue weighted by atomic mass is 16.4. The Morgan fingerprint density at radius 1 is 1.35 bits per heavy atom. The van der Waals surface area contributed by atoms with Crippen LogP contribution < -0.4 is 0 Å². The number of rotatable bonds is 3. The van der Waals surface area contributed by atoms with E-state index in [9.17, 15) is 9.90 Å². The van der Waals surface area contributed by atoms with Crippen LogP contribution in [0.5, 0.6) is 0 Å². The molecule has 2 aromatic rings. The van der Waals surface area contributed by atoms with Crippen LogP contribution in [0.1, 0.15) is 19.0 Å². The van der Waals surface area contributed by atoms with Crippen LogP contribution in [0.3, 0.4) is 0 Å². The molecule has 1 atom stereocenters. The van der Waals surface area contributed by atoms with Crippen LogP contribution in [0.2, 0.25) is 0 Å². The zero-order valence-electron chi connectivity index (χ0n) is 11.5. The van der Waals surface area contributed by atoms with Gasteiger partial charge in [-0.1, -0.05) is 24.3 Å². The van der Waals surface area contributed by atoms with Gasteiger partial charge in [0.25, 0.3) is 0 Å². The van der Waals surface area contributed by atoms with Crippen molar-refractivity contribution in [2.24, 2.45) is 5.41 Å². The third-order valence-electron chi connectivity index (χ3n) is 4.11. The van der Waals surface area contributed by atoms with Crippen LogP contribution in [-0.2, 0) is 11.3 Å². The van der Waals surface area contributed by atoms with E-state index in [4.69, 9.17) is 0 Å². The van der Waals surface area contributed by atoms with Crippen LogP contribution in [0.15, 0.2) is 36.4 Å². The summed E-state index contributed by atoms with van der Waals surface area (Å²) in [6, 6.07) is 12.1. The molecular formula is C16H18N2O2. The number of carbonyl (C=O) groups is 1. The molecule has 1 aliphatic heterocycles. The fraction of sp³-hybridized carbons (Fsp3) is 0.375. The molecule has 4 nitrogen and oxygen atoms in total. The lowest BCUT2D eigenvalue weighted by Crippen LogP contribution is -2.31. The summed E-state index contributed by atoms with van der Waals surface area (Å²) in [5.74, 6) is -0.702. The second-order valence-electron chi connectivity index (χ2n) is 5.82. The Balaban J connectivity index is 1.76. The number of hydrogen-bond donors (Lipinski definition) is 1. The molecule has 0 aliphatic carbocycles. The van der Waals surface area contributed by atoms with E-state index in [-0.39, 0.29) is 0 Å². The Kier molecular flexibility index (Phi) is 3.18. The van der Waals surface area contributed by atoms with Crippen molar-refractivity contribution in [3.05, 3.63) is 42.1 Å². The Bertz CT molecular complexity index is 656. The molecule has 104 valence electrons. The highest BCUT2D eigenvalue weighted by Gasteiger charge is 2.40. The van der Waals surface area contributed by atoms with Crippen molar-refractivity contribution in [3.8, 4) is 0 Å². The van der Waals surface area contributed by atoms with Gasteiger partial charge in [0.2, 0.25) is 0 Å². The summed E-state index contributed by atoms with van der Waals surface area (Å²) in [5, 5.41) is 10.4. The smallest absolute Gasteiger partial charge is 0.310 e. The maximum absolute atomic E-state index is 11.3. The topological polar surface area (TPSA) is 53.4 Å². The van der Waals surface area contributed by atoms with Gasteiger partial charge < -0.3 is 5.11 Å². The largest absolute Gasteiger partial charge is 0.481 e. The summed E-state index contributed by atoms with van der Waals surface area (Å²) >= 11 is 0. The number of pyridine rings is 1. The number of fused-ring (bicyclic) bond motifs is 1. The van der Waals surface area contributed by atoms with Crippen molar-refractivity contribution in [3.63, 3.8) is 0 Å². The van der Waals surface area contributed by atoms with E-state index in [1.807, 2.05) is 37.3 Å². The Hall–Kier alpha value is -1.94. The first-order valence-corrected chi connectivity index (χ1v) is 6.87. The van der Waals surface area contributed by atoms with Gasteiger partial charge in [0.15, 0.2) is 0 Å². The quantitative estimate of drug-likeness (QED) is 0.931.